The first-order valence-corrected chi connectivity index (χ1v) is 7.86. The lowest BCUT2D eigenvalue weighted by Gasteiger charge is -2.43. The number of carboxylic acids is 1. The zero-order chi connectivity index (χ0) is 15.5. The zero-order valence-corrected chi connectivity index (χ0v) is 13.1. The van der Waals surface area contributed by atoms with Crippen LogP contribution in [0.1, 0.15) is 33.1 Å². The van der Waals surface area contributed by atoms with Crippen LogP contribution in [0.3, 0.4) is 0 Å². The molecule has 6 nitrogen and oxygen atoms in total. The maximum atomic E-state index is 12.7. The van der Waals surface area contributed by atoms with Crippen LogP contribution in [-0.2, 0) is 9.59 Å². The minimum Gasteiger partial charge on any atom is -0.481 e. The summed E-state index contributed by atoms with van der Waals surface area (Å²) in [6.07, 6.45) is 2.37. The van der Waals surface area contributed by atoms with Crippen molar-refractivity contribution < 1.29 is 14.7 Å². The van der Waals surface area contributed by atoms with Gasteiger partial charge in [0.15, 0.2) is 0 Å². The Labute approximate surface area is 126 Å². The summed E-state index contributed by atoms with van der Waals surface area (Å²) in [6.45, 7) is 8.75. The van der Waals surface area contributed by atoms with Gasteiger partial charge in [0.25, 0.3) is 0 Å². The summed E-state index contributed by atoms with van der Waals surface area (Å²) in [4.78, 5) is 27.3. The van der Waals surface area contributed by atoms with Gasteiger partial charge < -0.3 is 15.3 Å². The van der Waals surface area contributed by atoms with Gasteiger partial charge in [-0.3, -0.25) is 14.5 Å². The van der Waals surface area contributed by atoms with Crippen molar-refractivity contribution in [2.24, 2.45) is 5.41 Å². The number of carbonyl (C=O) groups excluding carboxylic acids is 1. The van der Waals surface area contributed by atoms with E-state index in [4.69, 9.17) is 5.11 Å². The molecule has 1 amide bonds. The summed E-state index contributed by atoms with van der Waals surface area (Å²) in [5, 5.41) is 12.1. The molecule has 0 aromatic rings. The predicted octanol–water partition coefficient (Wildman–Crippen LogP) is 0.384. The molecule has 0 saturated carbocycles. The molecule has 0 aliphatic carbocycles. The molecule has 0 aromatic carbocycles. The van der Waals surface area contributed by atoms with Crippen LogP contribution >= 0.6 is 0 Å². The highest BCUT2D eigenvalue weighted by Gasteiger charge is 2.39. The Bertz CT molecular complexity index is 390. The highest BCUT2D eigenvalue weighted by atomic mass is 16.4. The van der Waals surface area contributed by atoms with Crippen molar-refractivity contribution in [3.8, 4) is 0 Å². The fraction of sp³-hybridized carbons (Fsp3) is 0.867. The second kappa shape index (κ2) is 6.75. The standard InChI is InChI=1S/C15H27N3O3/c1-15(2)5-3-6-16-13(15)14(21)18-10-8-17(9-11-18)7-4-12(19)20/h13,16H,3-11H2,1-2H3,(H,19,20). The van der Waals surface area contributed by atoms with Crippen LogP contribution in [0.5, 0.6) is 0 Å². The predicted molar refractivity (Wildman–Crippen MR) is 80.1 cm³/mol. The maximum Gasteiger partial charge on any atom is 0.304 e. The minimum atomic E-state index is -0.762. The van der Waals surface area contributed by atoms with Crippen LogP contribution in [0.25, 0.3) is 0 Å². The van der Waals surface area contributed by atoms with Crippen LogP contribution in [0.15, 0.2) is 0 Å². The molecule has 0 aromatic heterocycles. The second-order valence-corrected chi connectivity index (χ2v) is 6.79. The molecule has 2 N–H and O–H groups in total. The lowest BCUT2D eigenvalue weighted by Crippen LogP contribution is -2.59. The zero-order valence-electron chi connectivity index (χ0n) is 13.1. The lowest BCUT2D eigenvalue weighted by molar-refractivity contribution is -0.140. The van der Waals surface area contributed by atoms with E-state index in [1.165, 1.54) is 0 Å². The highest BCUT2D eigenvalue weighted by molar-refractivity contribution is 5.83. The van der Waals surface area contributed by atoms with E-state index in [0.29, 0.717) is 19.6 Å². The largest absolute Gasteiger partial charge is 0.481 e. The molecule has 1 unspecified atom stereocenters. The average Bonchev–Trinajstić information content (AvgIpc) is 2.44. The summed E-state index contributed by atoms with van der Waals surface area (Å²) in [5.41, 5.74) is 0.00970. The molecule has 21 heavy (non-hydrogen) atoms. The molecule has 6 heteroatoms. The van der Waals surface area contributed by atoms with Crippen LogP contribution in [0.4, 0.5) is 0 Å². The topological polar surface area (TPSA) is 72.9 Å². The van der Waals surface area contributed by atoms with Gasteiger partial charge >= 0.3 is 5.97 Å². The normalized spacial score (nSPS) is 26.6. The van der Waals surface area contributed by atoms with Crippen molar-refractivity contribution >= 4 is 11.9 Å². The number of piperidine rings is 1. The van der Waals surface area contributed by atoms with E-state index in [1.54, 1.807) is 0 Å². The van der Waals surface area contributed by atoms with Gasteiger partial charge in [-0.05, 0) is 24.8 Å². The Morgan fingerprint density at radius 1 is 1.24 bits per heavy atom. The quantitative estimate of drug-likeness (QED) is 0.785. The summed E-state index contributed by atoms with van der Waals surface area (Å²) < 4.78 is 0. The summed E-state index contributed by atoms with van der Waals surface area (Å²) in [6, 6.07) is -0.0863. The Balaban J connectivity index is 1.84. The molecule has 2 fully saturated rings. The van der Waals surface area contributed by atoms with E-state index in [0.717, 1.165) is 32.5 Å². The van der Waals surface area contributed by atoms with E-state index in [9.17, 15) is 9.59 Å². The number of amides is 1. The first-order valence-electron chi connectivity index (χ1n) is 7.86. The van der Waals surface area contributed by atoms with E-state index < -0.39 is 5.97 Å². The third kappa shape index (κ3) is 4.17. The summed E-state index contributed by atoms with van der Waals surface area (Å²) in [7, 11) is 0. The molecule has 120 valence electrons. The van der Waals surface area contributed by atoms with Gasteiger partial charge in [0.05, 0.1) is 12.5 Å². The molecule has 2 saturated heterocycles. The van der Waals surface area contributed by atoms with Crippen molar-refractivity contribution in [2.75, 3.05) is 39.3 Å². The number of nitrogens with zero attached hydrogens (tertiary/aromatic N) is 2. The molecule has 1 atom stereocenters. The van der Waals surface area contributed by atoms with Gasteiger partial charge in [-0.25, -0.2) is 0 Å². The SMILES string of the molecule is CC1(C)CCCNC1C(=O)N1CCN(CCC(=O)O)CC1. The molecular weight excluding hydrogens is 270 g/mol. The number of piperazine rings is 1. The first kappa shape index (κ1) is 16.2. The Morgan fingerprint density at radius 2 is 1.90 bits per heavy atom. The third-order valence-electron chi connectivity index (χ3n) is 4.70. The molecule has 2 aliphatic rings. The Morgan fingerprint density at radius 3 is 2.48 bits per heavy atom. The second-order valence-electron chi connectivity index (χ2n) is 6.79. The highest BCUT2D eigenvalue weighted by Crippen LogP contribution is 2.31. The van der Waals surface area contributed by atoms with Crippen LogP contribution < -0.4 is 5.32 Å². The van der Waals surface area contributed by atoms with Gasteiger partial charge in [0.2, 0.25) is 5.91 Å². The first-order chi connectivity index (χ1) is 9.90. The maximum absolute atomic E-state index is 12.7. The number of carboxylic acid groups (broad SMARTS) is 1. The molecule has 0 radical (unpaired) electrons. The van der Waals surface area contributed by atoms with Gasteiger partial charge in [0, 0.05) is 32.7 Å². The summed E-state index contributed by atoms with van der Waals surface area (Å²) in [5.74, 6) is -0.556. The lowest BCUT2D eigenvalue weighted by atomic mass is 9.77. The van der Waals surface area contributed by atoms with E-state index in [-0.39, 0.29) is 23.8 Å². The summed E-state index contributed by atoms with van der Waals surface area (Å²) >= 11 is 0. The van der Waals surface area contributed by atoms with Gasteiger partial charge in [-0.1, -0.05) is 13.8 Å². The van der Waals surface area contributed by atoms with Crippen LogP contribution in [0, 0.1) is 5.41 Å². The number of hydrogen-bond acceptors (Lipinski definition) is 4. The Hall–Kier alpha value is -1.14. The molecule has 0 bridgehead atoms. The number of nitrogens with one attached hydrogen (secondary N) is 1. The van der Waals surface area contributed by atoms with Crippen molar-refractivity contribution in [1.29, 1.82) is 0 Å². The molecular formula is C15H27N3O3. The van der Waals surface area contributed by atoms with Crippen LogP contribution in [0.2, 0.25) is 0 Å². The fourth-order valence-electron chi connectivity index (χ4n) is 3.26. The van der Waals surface area contributed by atoms with Crippen molar-refractivity contribution in [3.63, 3.8) is 0 Å². The minimum absolute atomic E-state index is 0.00970. The smallest absolute Gasteiger partial charge is 0.304 e. The van der Waals surface area contributed by atoms with E-state index in [1.807, 2.05) is 4.90 Å². The third-order valence-corrected chi connectivity index (χ3v) is 4.70. The number of rotatable bonds is 4. The molecule has 0 spiro atoms. The monoisotopic (exact) mass is 297 g/mol. The molecule has 2 aliphatic heterocycles. The van der Waals surface area contributed by atoms with Gasteiger partial charge in [-0.2, -0.15) is 0 Å². The van der Waals surface area contributed by atoms with Crippen LogP contribution in [-0.4, -0.2) is 72.1 Å². The Kier molecular flexibility index (Phi) is 5.22. The average molecular weight is 297 g/mol. The van der Waals surface area contributed by atoms with E-state index in [2.05, 4.69) is 24.1 Å². The fourth-order valence-corrected chi connectivity index (χ4v) is 3.26. The van der Waals surface area contributed by atoms with Crippen molar-refractivity contribution in [1.82, 2.24) is 15.1 Å². The van der Waals surface area contributed by atoms with Gasteiger partial charge in [-0.15, -0.1) is 0 Å². The van der Waals surface area contributed by atoms with Gasteiger partial charge in [0.1, 0.15) is 0 Å². The number of aliphatic carboxylic acids is 1. The van der Waals surface area contributed by atoms with Crippen molar-refractivity contribution in [2.45, 2.75) is 39.2 Å². The molecule has 2 rings (SSSR count). The molecule has 2 heterocycles. The number of hydrogen-bond donors (Lipinski definition) is 2. The van der Waals surface area contributed by atoms with E-state index >= 15 is 0 Å². The van der Waals surface area contributed by atoms with Crippen molar-refractivity contribution in [3.05, 3.63) is 0 Å². The number of carbonyl (C=O) groups is 2.